The third-order valence-electron chi connectivity index (χ3n) is 4.31. The molecule has 0 amide bonds. The van der Waals surface area contributed by atoms with Crippen LogP contribution in [-0.2, 0) is 0 Å². The molecule has 1 unspecified atom stereocenters. The van der Waals surface area contributed by atoms with E-state index in [1.807, 2.05) is 0 Å². The van der Waals surface area contributed by atoms with E-state index in [9.17, 15) is 0 Å². The first-order valence-electron chi connectivity index (χ1n) is 7.29. The largest absolute Gasteiger partial charge is 0.313 e. The summed E-state index contributed by atoms with van der Waals surface area (Å²) in [5.74, 6) is 0. The summed E-state index contributed by atoms with van der Waals surface area (Å²) in [6.07, 6.45) is 10.5. The molecule has 1 aliphatic heterocycles. The first kappa shape index (κ1) is 13.7. The normalized spacial score (nSPS) is 28.9. The number of hydrogen-bond donors (Lipinski definition) is 1. The SMILES string of the molecule is CCCN1CCCC(NCC2(SC)CC2)CC1. The summed E-state index contributed by atoms with van der Waals surface area (Å²) in [6, 6.07) is 0.779. The fourth-order valence-electron chi connectivity index (χ4n) is 2.82. The number of thioether (sulfide) groups is 1. The molecule has 17 heavy (non-hydrogen) atoms. The Labute approximate surface area is 111 Å². The van der Waals surface area contributed by atoms with Gasteiger partial charge in [0.2, 0.25) is 0 Å². The minimum Gasteiger partial charge on any atom is -0.313 e. The fourth-order valence-corrected chi connectivity index (χ4v) is 3.56. The van der Waals surface area contributed by atoms with Crippen LogP contribution >= 0.6 is 11.8 Å². The van der Waals surface area contributed by atoms with E-state index in [4.69, 9.17) is 0 Å². The monoisotopic (exact) mass is 256 g/mol. The van der Waals surface area contributed by atoms with Crippen LogP contribution in [0.4, 0.5) is 0 Å². The Hall–Kier alpha value is 0.270. The van der Waals surface area contributed by atoms with Crippen molar-refractivity contribution in [1.29, 1.82) is 0 Å². The minimum atomic E-state index is 0.620. The van der Waals surface area contributed by atoms with E-state index >= 15 is 0 Å². The molecule has 3 heteroatoms. The van der Waals surface area contributed by atoms with Crippen LogP contribution in [0.2, 0.25) is 0 Å². The van der Waals surface area contributed by atoms with Gasteiger partial charge in [0.05, 0.1) is 0 Å². The van der Waals surface area contributed by atoms with Crippen LogP contribution in [0.1, 0.15) is 45.4 Å². The van der Waals surface area contributed by atoms with Gasteiger partial charge in [-0.25, -0.2) is 0 Å². The third-order valence-corrected chi connectivity index (χ3v) is 5.73. The molecule has 0 aromatic rings. The van der Waals surface area contributed by atoms with Crippen molar-refractivity contribution in [2.75, 3.05) is 32.4 Å². The lowest BCUT2D eigenvalue weighted by molar-refractivity contribution is 0.282. The van der Waals surface area contributed by atoms with Crippen molar-refractivity contribution in [3.8, 4) is 0 Å². The van der Waals surface area contributed by atoms with Gasteiger partial charge in [-0.1, -0.05) is 6.92 Å². The standard InChI is InChI=1S/C14H28N2S/c1-3-9-16-10-4-5-13(6-11-16)15-12-14(17-2)7-8-14/h13,15H,3-12H2,1-2H3. The summed E-state index contributed by atoms with van der Waals surface area (Å²) in [7, 11) is 0. The number of nitrogens with zero attached hydrogens (tertiary/aromatic N) is 1. The zero-order valence-corrected chi connectivity index (χ0v) is 12.3. The van der Waals surface area contributed by atoms with Crippen LogP contribution in [0.5, 0.6) is 0 Å². The van der Waals surface area contributed by atoms with E-state index in [2.05, 4.69) is 35.2 Å². The zero-order chi connectivity index (χ0) is 12.1. The van der Waals surface area contributed by atoms with Crippen LogP contribution in [0.25, 0.3) is 0 Å². The Bertz CT molecular complexity index is 228. The molecule has 2 rings (SSSR count). The number of likely N-dealkylation sites (tertiary alicyclic amines) is 1. The number of nitrogens with one attached hydrogen (secondary N) is 1. The predicted molar refractivity (Wildman–Crippen MR) is 77.9 cm³/mol. The smallest absolute Gasteiger partial charge is 0.0282 e. The van der Waals surface area contributed by atoms with Crippen molar-refractivity contribution in [3.63, 3.8) is 0 Å². The molecule has 1 aliphatic carbocycles. The maximum absolute atomic E-state index is 3.83. The minimum absolute atomic E-state index is 0.620. The molecular formula is C14H28N2S. The number of hydrogen-bond acceptors (Lipinski definition) is 3. The lowest BCUT2D eigenvalue weighted by atomic mass is 10.1. The summed E-state index contributed by atoms with van der Waals surface area (Å²) in [6.45, 7) is 7.45. The van der Waals surface area contributed by atoms with Crippen LogP contribution in [0, 0.1) is 0 Å². The quantitative estimate of drug-likeness (QED) is 0.787. The average Bonchev–Trinajstić information content (AvgIpc) is 3.12. The van der Waals surface area contributed by atoms with Gasteiger partial charge >= 0.3 is 0 Å². The summed E-state index contributed by atoms with van der Waals surface area (Å²) in [4.78, 5) is 2.64. The highest BCUT2D eigenvalue weighted by Gasteiger charge is 2.41. The Balaban J connectivity index is 1.68. The van der Waals surface area contributed by atoms with Crippen molar-refractivity contribution in [2.24, 2.45) is 0 Å². The highest BCUT2D eigenvalue weighted by molar-refractivity contribution is 8.00. The van der Waals surface area contributed by atoms with E-state index in [0.29, 0.717) is 4.75 Å². The van der Waals surface area contributed by atoms with Gasteiger partial charge in [-0.05, 0) is 64.4 Å². The summed E-state index contributed by atoms with van der Waals surface area (Å²) < 4.78 is 0.620. The van der Waals surface area contributed by atoms with Gasteiger partial charge < -0.3 is 10.2 Å². The van der Waals surface area contributed by atoms with Crippen molar-refractivity contribution in [1.82, 2.24) is 10.2 Å². The van der Waals surface area contributed by atoms with Gasteiger partial charge in [0.25, 0.3) is 0 Å². The Morgan fingerprint density at radius 3 is 2.76 bits per heavy atom. The van der Waals surface area contributed by atoms with Gasteiger partial charge in [-0.15, -0.1) is 0 Å². The molecule has 1 saturated heterocycles. The molecule has 0 radical (unpaired) electrons. The van der Waals surface area contributed by atoms with Crippen LogP contribution in [0.3, 0.4) is 0 Å². The van der Waals surface area contributed by atoms with Gasteiger partial charge in [0, 0.05) is 17.3 Å². The topological polar surface area (TPSA) is 15.3 Å². The molecule has 0 bridgehead atoms. The van der Waals surface area contributed by atoms with Gasteiger partial charge in [-0.2, -0.15) is 11.8 Å². The van der Waals surface area contributed by atoms with E-state index in [1.165, 1.54) is 64.7 Å². The van der Waals surface area contributed by atoms with E-state index in [0.717, 1.165) is 6.04 Å². The van der Waals surface area contributed by atoms with Crippen molar-refractivity contribution in [3.05, 3.63) is 0 Å². The summed E-state index contributed by atoms with van der Waals surface area (Å²) >= 11 is 2.07. The Kier molecular flexibility index (Phi) is 5.19. The van der Waals surface area contributed by atoms with Crippen LogP contribution in [0.15, 0.2) is 0 Å². The highest BCUT2D eigenvalue weighted by atomic mass is 32.2. The molecule has 0 spiro atoms. The van der Waals surface area contributed by atoms with Gasteiger partial charge in [0.15, 0.2) is 0 Å². The molecule has 100 valence electrons. The first-order chi connectivity index (χ1) is 8.28. The zero-order valence-electron chi connectivity index (χ0n) is 11.5. The van der Waals surface area contributed by atoms with Crippen LogP contribution in [-0.4, -0.2) is 48.1 Å². The maximum Gasteiger partial charge on any atom is 0.0282 e. The Morgan fingerprint density at radius 1 is 1.29 bits per heavy atom. The molecular weight excluding hydrogens is 228 g/mol. The van der Waals surface area contributed by atoms with Crippen molar-refractivity contribution < 1.29 is 0 Å². The molecule has 1 atom stereocenters. The van der Waals surface area contributed by atoms with E-state index in [-0.39, 0.29) is 0 Å². The molecule has 1 saturated carbocycles. The fraction of sp³-hybridized carbons (Fsp3) is 1.00. The maximum atomic E-state index is 3.83. The van der Waals surface area contributed by atoms with E-state index < -0.39 is 0 Å². The van der Waals surface area contributed by atoms with Crippen LogP contribution < -0.4 is 5.32 Å². The highest BCUT2D eigenvalue weighted by Crippen LogP contribution is 2.46. The summed E-state index contributed by atoms with van der Waals surface area (Å²) in [5.41, 5.74) is 0. The molecule has 1 heterocycles. The molecule has 0 aromatic carbocycles. The molecule has 0 aromatic heterocycles. The van der Waals surface area contributed by atoms with Gasteiger partial charge in [-0.3, -0.25) is 0 Å². The molecule has 2 aliphatic rings. The Morgan fingerprint density at radius 2 is 2.12 bits per heavy atom. The molecule has 2 nitrogen and oxygen atoms in total. The second-order valence-corrected chi connectivity index (χ2v) is 7.01. The van der Waals surface area contributed by atoms with Crippen molar-refractivity contribution in [2.45, 2.75) is 56.2 Å². The predicted octanol–water partition coefficient (Wildman–Crippen LogP) is 2.74. The molecule has 2 fully saturated rings. The second-order valence-electron chi connectivity index (χ2n) is 5.74. The van der Waals surface area contributed by atoms with Gasteiger partial charge in [0.1, 0.15) is 0 Å². The molecule has 1 N–H and O–H groups in total. The van der Waals surface area contributed by atoms with E-state index in [1.54, 1.807) is 0 Å². The lowest BCUT2D eigenvalue weighted by Gasteiger charge is -2.21. The average molecular weight is 256 g/mol. The lowest BCUT2D eigenvalue weighted by Crippen LogP contribution is -2.36. The number of rotatable bonds is 6. The first-order valence-corrected chi connectivity index (χ1v) is 8.51. The third kappa shape index (κ3) is 4.15. The summed E-state index contributed by atoms with van der Waals surface area (Å²) in [5, 5.41) is 3.83. The second kappa shape index (κ2) is 6.44. The van der Waals surface area contributed by atoms with Crippen molar-refractivity contribution >= 4 is 11.8 Å².